The van der Waals surface area contributed by atoms with Crippen molar-refractivity contribution in [1.29, 1.82) is 0 Å². The summed E-state index contributed by atoms with van der Waals surface area (Å²) in [6.45, 7) is 1.55. The van der Waals surface area contributed by atoms with E-state index in [1.54, 1.807) is 13.0 Å². The maximum absolute atomic E-state index is 11.1. The molecule has 0 aromatic carbocycles. The first-order valence-corrected chi connectivity index (χ1v) is 3.81. The van der Waals surface area contributed by atoms with Crippen LogP contribution in [0.2, 0.25) is 0 Å². The zero-order valence-electron chi connectivity index (χ0n) is 7.19. The van der Waals surface area contributed by atoms with E-state index in [1.165, 1.54) is 12.3 Å². The van der Waals surface area contributed by atoms with E-state index in [2.05, 4.69) is 10.3 Å². The summed E-state index contributed by atoms with van der Waals surface area (Å²) in [6, 6.07) is 2.38. The highest BCUT2D eigenvalue weighted by molar-refractivity contribution is 5.94. The zero-order chi connectivity index (χ0) is 9.84. The average molecular weight is 181 g/mol. The van der Waals surface area contributed by atoms with E-state index in [4.69, 9.17) is 5.73 Å². The third-order valence-corrected chi connectivity index (χ3v) is 1.44. The van der Waals surface area contributed by atoms with Crippen LogP contribution in [-0.2, 0) is 4.79 Å². The summed E-state index contributed by atoms with van der Waals surface area (Å²) >= 11 is 0. The fourth-order valence-corrected chi connectivity index (χ4v) is 0.724. The van der Waals surface area contributed by atoms with Crippen molar-refractivity contribution in [2.45, 2.75) is 13.0 Å². The van der Waals surface area contributed by atoms with Gasteiger partial charge in [0.05, 0.1) is 6.04 Å². The van der Waals surface area contributed by atoms with Crippen LogP contribution in [-0.4, -0.2) is 22.0 Å². The van der Waals surface area contributed by atoms with Crippen molar-refractivity contribution in [3.05, 3.63) is 18.3 Å². The number of carbonyl (C=O) groups is 1. The lowest BCUT2D eigenvalue weighted by molar-refractivity contribution is -0.117. The van der Waals surface area contributed by atoms with Gasteiger partial charge in [-0.25, -0.2) is 4.98 Å². The van der Waals surface area contributed by atoms with Gasteiger partial charge in [-0.3, -0.25) is 4.79 Å². The molecule has 4 N–H and O–H groups in total. The monoisotopic (exact) mass is 181 g/mol. The Balaban J connectivity index is 2.75. The van der Waals surface area contributed by atoms with E-state index in [0.717, 1.165) is 0 Å². The molecule has 0 bridgehead atoms. The molecule has 0 aliphatic heterocycles. The smallest absolute Gasteiger partial charge is 0.242 e. The first-order valence-electron chi connectivity index (χ1n) is 3.81. The number of nitrogens with zero attached hydrogens (tertiary/aromatic N) is 1. The maximum atomic E-state index is 11.1. The predicted octanol–water partition coefficient (Wildman–Crippen LogP) is 0.0729. The second-order valence-corrected chi connectivity index (χ2v) is 2.65. The van der Waals surface area contributed by atoms with Gasteiger partial charge in [-0.1, -0.05) is 0 Å². The highest BCUT2D eigenvalue weighted by Gasteiger charge is 2.10. The van der Waals surface area contributed by atoms with Crippen LogP contribution in [0.25, 0.3) is 0 Å². The number of amides is 1. The molecule has 0 saturated heterocycles. The summed E-state index contributed by atoms with van der Waals surface area (Å²) in [7, 11) is 0. The Bertz CT molecular complexity index is 312. The zero-order valence-corrected chi connectivity index (χ0v) is 7.19. The van der Waals surface area contributed by atoms with E-state index in [1.807, 2.05) is 0 Å². The summed E-state index contributed by atoms with van der Waals surface area (Å²) in [5, 5.41) is 11.6. The Morgan fingerprint density at radius 1 is 1.77 bits per heavy atom. The topological polar surface area (TPSA) is 88.2 Å². The van der Waals surface area contributed by atoms with E-state index < -0.39 is 6.04 Å². The molecule has 0 aliphatic rings. The van der Waals surface area contributed by atoms with Crippen molar-refractivity contribution in [2.24, 2.45) is 5.73 Å². The highest BCUT2D eigenvalue weighted by Crippen LogP contribution is 2.17. The molecule has 1 aromatic heterocycles. The van der Waals surface area contributed by atoms with Gasteiger partial charge in [0, 0.05) is 6.20 Å². The SMILES string of the molecule is CC(N)C(=O)Nc1ncccc1O. The van der Waals surface area contributed by atoms with Crippen LogP contribution in [0.3, 0.4) is 0 Å². The minimum Gasteiger partial charge on any atom is -0.504 e. The van der Waals surface area contributed by atoms with Crippen molar-refractivity contribution in [3.63, 3.8) is 0 Å². The fraction of sp³-hybridized carbons (Fsp3) is 0.250. The number of carbonyl (C=O) groups excluding carboxylic acids is 1. The normalized spacial score (nSPS) is 12.2. The number of aromatic nitrogens is 1. The van der Waals surface area contributed by atoms with E-state index in [-0.39, 0.29) is 17.5 Å². The van der Waals surface area contributed by atoms with Crippen molar-refractivity contribution in [1.82, 2.24) is 4.98 Å². The van der Waals surface area contributed by atoms with Crippen molar-refractivity contribution >= 4 is 11.7 Å². The molecule has 0 spiro atoms. The molecule has 5 heteroatoms. The molecule has 1 rings (SSSR count). The van der Waals surface area contributed by atoms with Crippen LogP contribution < -0.4 is 11.1 Å². The molecule has 1 unspecified atom stereocenters. The first-order chi connectivity index (χ1) is 6.11. The Morgan fingerprint density at radius 3 is 3.00 bits per heavy atom. The van der Waals surface area contributed by atoms with Crippen molar-refractivity contribution in [2.75, 3.05) is 5.32 Å². The molecule has 70 valence electrons. The summed E-state index contributed by atoms with van der Waals surface area (Å²) < 4.78 is 0. The van der Waals surface area contributed by atoms with Crippen LogP contribution in [0.5, 0.6) is 5.75 Å². The van der Waals surface area contributed by atoms with Crippen molar-refractivity contribution < 1.29 is 9.90 Å². The maximum Gasteiger partial charge on any atom is 0.242 e. The largest absolute Gasteiger partial charge is 0.504 e. The molecule has 1 aromatic rings. The van der Waals surface area contributed by atoms with Gasteiger partial charge in [0.15, 0.2) is 11.6 Å². The molecule has 0 saturated carbocycles. The molecule has 1 atom stereocenters. The van der Waals surface area contributed by atoms with Crippen molar-refractivity contribution in [3.8, 4) is 5.75 Å². The number of pyridine rings is 1. The quantitative estimate of drug-likeness (QED) is 0.602. The van der Waals surface area contributed by atoms with Gasteiger partial charge in [-0.2, -0.15) is 0 Å². The third kappa shape index (κ3) is 2.41. The standard InChI is InChI=1S/C8H11N3O2/c1-5(9)8(13)11-7-6(12)3-2-4-10-7/h2-5,12H,9H2,1H3,(H,10,11,13). The Morgan fingerprint density at radius 2 is 2.46 bits per heavy atom. The fourth-order valence-electron chi connectivity index (χ4n) is 0.724. The van der Waals surface area contributed by atoms with Crippen LogP contribution in [0.15, 0.2) is 18.3 Å². The molecular formula is C8H11N3O2. The second-order valence-electron chi connectivity index (χ2n) is 2.65. The van der Waals surface area contributed by atoms with Gasteiger partial charge in [0.1, 0.15) is 0 Å². The Hall–Kier alpha value is -1.62. The van der Waals surface area contributed by atoms with Crippen LogP contribution in [0.1, 0.15) is 6.92 Å². The average Bonchev–Trinajstić information content (AvgIpc) is 2.08. The minimum atomic E-state index is -0.624. The molecular weight excluding hydrogens is 170 g/mol. The van der Waals surface area contributed by atoms with Gasteiger partial charge in [0.25, 0.3) is 0 Å². The lowest BCUT2D eigenvalue weighted by Crippen LogP contribution is -2.32. The summed E-state index contributed by atoms with van der Waals surface area (Å²) in [4.78, 5) is 14.8. The van der Waals surface area contributed by atoms with Gasteiger partial charge >= 0.3 is 0 Å². The van der Waals surface area contributed by atoms with Gasteiger partial charge in [-0.05, 0) is 19.1 Å². The summed E-state index contributed by atoms with van der Waals surface area (Å²) in [5.41, 5.74) is 5.31. The number of aromatic hydroxyl groups is 1. The molecule has 1 amide bonds. The molecule has 13 heavy (non-hydrogen) atoms. The molecule has 0 radical (unpaired) electrons. The lowest BCUT2D eigenvalue weighted by Gasteiger charge is -2.07. The molecule has 1 heterocycles. The molecule has 0 fully saturated rings. The second kappa shape index (κ2) is 3.86. The number of hydrogen-bond donors (Lipinski definition) is 3. The number of rotatable bonds is 2. The first kappa shape index (κ1) is 9.47. The van der Waals surface area contributed by atoms with Crippen LogP contribution in [0.4, 0.5) is 5.82 Å². The van der Waals surface area contributed by atoms with E-state index in [0.29, 0.717) is 0 Å². The summed E-state index contributed by atoms with van der Waals surface area (Å²) in [6.07, 6.45) is 1.47. The van der Waals surface area contributed by atoms with E-state index in [9.17, 15) is 9.90 Å². The molecule has 0 aliphatic carbocycles. The predicted molar refractivity (Wildman–Crippen MR) is 48.2 cm³/mol. The third-order valence-electron chi connectivity index (χ3n) is 1.44. The Labute approximate surface area is 75.6 Å². The number of hydrogen-bond acceptors (Lipinski definition) is 4. The van der Waals surface area contributed by atoms with Gasteiger partial charge in [0.2, 0.25) is 5.91 Å². The van der Waals surface area contributed by atoms with Gasteiger partial charge in [-0.15, -0.1) is 0 Å². The molecule has 5 nitrogen and oxygen atoms in total. The van der Waals surface area contributed by atoms with Gasteiger partial charge < -0.3 is 16.2 Å². The van der Waals surface area contributed by atoms with E-state index >= 15 is 0 Å². The minimum absolute atomic E-state index is 0.0727. The highest BCUT2D eigenvalue weighted by atomic mass is 16.3. The summed E-state index contributed by atoms with van der Waals surface area (Å²) in [5.74, 6) is -0.324. The Kier molecular flexibility index (Phi) is 2.81. The lowest BCUT2D eigenvalue weighted by atomic mass is 10.3. The number of nitrogens with two attached hydrogens (primary N) is 1. The number of anilines is 1. The van der Waals surface area contributed by atoms with Crippen LogP contribution >= 0.6 is 0 Å². The van der Waals surface area contributed by atoms with Crippen LogP contribution in [0, 0.1) is 0 Å². The number of nitrogens with one attached hydrogen (secondary N) is 1.